The summed E-state index contributed by atoms with van der Waals surface area (Å²) in [5.74, 6) is 0.552. The first-order valence-electron chi connectivity index (χ1n) is 9.36. The molecule has 0 heterocycles. The van der Waals surface area contributed by atoms with E-state index in [0.29, 0.717) is 5.75 Å². The van der Waals surface area contributed by atoms with Gasteiger partial charge >= 0.3 is 0 Å². The van der Waals surface area contributed by atoms with Gasteiger partial charge in [0.25, 0.3) is 0 Å². The molecule has 0 bridgehead atoms. The minimum atomic E-state index is -0.589. The van der Waals surface area contributed by atoms with Crippen LogP contribution in [-0.2, 0) is 0 Å². The van der Waals surface area contributed by atoms with Gasteiger partial charge in [-0.3, -0.25) is 9.59 Å². The van der Waals surface area contributed by atoms with Crippen LogP contribution >= 0.6 is 0 Å². The van der Waals surface area contributed by atoms with E-state index in [1.54, 1.807) is 20.3 Å². The van der Waals surface area contributed by atoms with Crippen LogP contribution in [0.25, 0.3) is 11.6 Å². The zero-order valence-electron chi connectivity index (χ0n) is 16.8. The minimum Gasteiger partial charge on any atom is -0.504 e. The molecule has 1 N–H and O–H groups in total. The maximum atomic E-state index is 13.0. The van der Waals surface area contributed by atoms with Gasteiger partial charge in [0.15, 0.2) is 11.5 Å². The van der Waals surface area contributed by atoms with Gasteiger partial charge in [-0.2, -0.15) is 0 Å². The van der Waals surface area contributed by atoms with Gasteiger partial charge in [-0.1, -0.05) is 42.5 Å². The zero-order chi connectivity index (χ0) is 21.5. The number of ether oxygens (including phenoxy) is 2. The number of methoxy groups -OCH3 is 2. The fourth-order valence-electron chi connectivity index (χ4n) is 3.02. The second-order valence-corrected chi connectivity index (χ2v) is 6.62. The summed E-state index contributed by atoms with van der Waals surface area (Å²) in [6.45, 7) is 0. The van der Waals surface area contributed by atoms with E-state index in [9.17, 15) is 14.7 Å². The summed E-state index contributed by atoms with van der Waals surface area (Å²) < 4.78 is 10.4. The van der Waals surface area contributed by atoms with Crippen LogP contribution in [0.4, 0.5) is 0 Å². The summed E-state index contributed by atoms with van der Waals surface area (Å²) >= 11 is 0. The molecule has 0 saturated heterocycles. The Hall–Kier alpha value is -3.86. The molecule has 30 heavy (non-hydrogen) atoms. The second-order valence-electron chi connectivity index (χ2n) is 6.62. The van der Waals surface area contributed by atoms with Gasteiger partial charge in [-0.15, -0.1) is 0 Å². The van der Waals surface area contributed by atoms with Crippen molar-refractivity contribution < 1.29 is 19.4 Å². The van der Waals surface area contributed by atoms with Gasteiger partial charge in [0, 0.05) is 6.42 Å². The highest BCUT2D eigenvalue weighted by molar-refractivity contribution is 6.06. The number of carbonyl (C=O) groups is 1. The monoisotopic (exact) mass is 402 g/mol. The maximum absolute atomic E-state index is 13.0. The average Bonchev–Trinajstić information content (AvgIpc) is 2.94. The molecule has 152 valence electrons. The first kappa shape index (κ1) is 20.9. The quantitative estimate of drug-likeness (QED) is 0.462. The van der Waals surface area contributed by atoms with Crippen molar-refractivity contribution >= 4 is 17.4 Å². The molecule has 0 aliphatic rings. The van der Waals surface area contributed by atoms with E-state index in [2.05, 4.69) is 0 Å². The lowest BCUT2D eigenvalue weighted by atomic mass is 9.95. The molecule has 0 atom stereocenters. The van der Waals surface area contributed by atoms with Gasteiger partial charge in [-0.05, 0) is 53.1 Å². The molecule has 0 aromatic heterocycles. The molecule has 3 rings (SSSR count). The molecule has 3 aromatic carbocycles. The lowest BCUT2D eigenvalue weighted by Crippen LogP contribution is -2.05. The molecule has 0 unspecified atom stereocenters. The minimum absolute atomic E-state index is 0.000794. The van der Waals surface area contributed by atoms with Crippen molar-refractivity contribution in [1.29, 1.82) is 0 Å². The first-order chi connectivity index (χ1) is 14.5. The number of allylic oxidation sites excluding steroid dienone is 1. The van der Waals surface area contributed by atoms with Gasteiger partial charge in [-0.25, -0.2) is 0 Å². The van der Waals surface area contributed by atoms with Gasteiger partial charge < -0.3 is 14.6 Å². The summed E-state index contributed by atoms with van der Waals surface area (Å²) in [7, 11) is 3.19. The van der Waals surface area contributed by atoms with Crippen LogP contribution in [0.3, 0.4) is 0 Å². The highest BCUT2D eigenvalue weighted by Crippen LogP contribution is 2.27. The Kier molecular flexibility index (Phi) is 6.65. The lowest BCUT2D eigenvalue weighted by Gasteiger charge is -2.10. The van der Waals surface area contributed by atoms with Gasteiger partial charge in [0.1, 0.15) is 11.5 Å². The lowest BCUT2D eigenvalue weighted by molar-refractivity contribution is 0.0996. The molecular formula is C25H22O5. The van der Waals surface area contributed by atoms with Crippen molar-refractivity contribution in [3.63, 3.8) is 0 Å². The summed E-state index contributed by atoms with van der Waals surface area (Å²) in [5.41, 5.74) is 1.88. The number of rotatable bonds is 7. The summed E-state index contributed by atoms with van der Waals surface area (Å²) in [4.78, 5) is 24.8. The SMILES string of the molecule is COc1ccc(/C=C(\CC(=O)c2ccccc(=O)c2O)c2ccc(OC)cc2)cc1. The number of aromatic hydroxyl groups is 1. The third-order valence-corrected chi connectivity index (χ3v) is 4.68. The van der Waals surface area contributed by atoms with Crippen LogP contribution in [0.2, 0.25) is 0 Å². The van der Waals surface area contributed by atoms with Gasteiger partial charge in [0.05, 0.1) is 19.8 Å². The Morgan fingerprint density at radius 3 is 2.03 bits per heavy atom. The Balaban J connectivity index is 2.01. The smallest absolute Gasteiger partial charge is 0.220 e. The predicted octanol–water partition coefficient (Wildman–Crippen LogP) is 4.58. The van der Waals surface area contributed by atoms with E-state index in [1.165, 1.54) is 18.2 Å². The first-order valence-corrected chi connectivity index (χ1v) is 9.36. The number of carbonyl (C=O) groups excluding carboxylic acids is 1. The number of Topliss-reactive ketones (excluding diaryl/α,β-unsaturated/α-hetero) is 1. The number of ketones is 1. The van der Waals surface area contributed by atoms with Crippen LogP contribution in [0, 0.1) is 0 Å². The zero-order valence-corrected chi connectivity index (χ0v) is 16.8. The van der Waals surface area contributed by atoms with Crippen molar-refractivity contribution in [1.82, 2.24) is 0 Å². The van der Waals surface area contributed by atoms with Crippen molar-refractivity contribution in [3.05, 3.63) is 99.7 Å². The van der Waals surface area contributed by atoms with E-state index in [-0.39, 0.29) is 17.8 Å². The third-order valence-electron chi connectivity index (χ3n) is 4.68. The largest absolute Gasteiger partial charge is 0.504 e. The molecule has 0 amide bonds. The third kappa shape index (κ3) is 4.94. The maximum Gasteiger partial charge on any atom is 0.220 e. The van der Waals surface area contributed by atoms with E-state index in [1.807, 2.05) is 54.6 Å². The highest BCUT2D eigenvalue weighted by Gasteiger charge is 2.15. The molecule has 0 aliphatic heterocycles. The Morgan fingerprint density at radius 1 is 0.867 bits per heavy atom. The van der Waals surface area contributed by atoms with Crippen molar-refractivity contribution in [3.8, 4) is 17.2 Å². The normalized spacial score (nSPS) is 11.1. The van der Waals surface area contributed by atoms with E-state index < -0.39 is 11.2 Å². The Morgan fingerprint density at radius 2 is 1.43 bits per heavy atom. The molecule has 0 radical (unpaired) electrons. The molecule has 0 fully saturated rings. The number of benzene rings is 2. The molecule has 0 spiro atoms. The average molecular weight is 402 g/mol. The van der Waals surface area contributed by atoms with Crippen LogP contribution in [0.5, 0.6) is 17.2 Å². The number of hydrogen-bond acceptors (Lipinski definition) is 5. The van der Waals surface area contributed by atoms with Crippen LogP contribution in [0.15, 0.2) is 77.6 Å². The van der Waals surface area contributed by atoms with Gasteiger partial charge in [0.2, 0.25) is 5.43 Å². The van der Waals surface area contributed by atoms with E-state index in [4.69, 9.17) is 9.47 Å². The van der Waals surface area contributed by atoms with Crippen LogP contribution in [0.1, 0.15) is 27.9 Å². The molecule has 0 aliphatic carbocycles. The predicted molar refractivity (Wildman–Crippen MR) is 117 cm³/mol. The molecule has 0 saturated carbocycles. The highest BCUT2D eigenvalue weighted by atomic mass is 16.5. The summed E-state index contributed by atoms with van der Waals surface area (Å²) in [6.07, 6.45) is 1.91. The molecule has 3 aromatic rings. The summed E-state index contributed by atoms with van der Waals surface area (Å²) in [5, 5.41) is 10.1. The molecular weight excluding hydrogens is 380 g/mol. The topological polar surface area (TPSA) is 72.8 Å². The molecule has 5 nitrogen and oxygen atoms in total. The van der Waals surface area contributed by atoms with Crippen molar-refractivity contribution in [2.45, 2.75) is 6.42 Å². The van der Waals surface area contributed by atoms with Crippen LogP contribution < -0.4 is 14.9 Å². The van der Waals surface area contributed by atoms with Crippen molar-refractivity contribution in [2.75, 3.05) is 14.2 Å². The van der Waals surface area contributed by atoms with E-state index >= 15 is 0 Å². The second kappa shape index (κ2) is 9.56. The Labute approximate surface area is 174 Å². The Bertz CT molecular complexity index is 1110. The van der Waals surface area contributed by atoms with Crippen molar-refractivity contribution in [2.24, 2.45) is 0 Å². The molecule has 5 heteroatoms. The van der Waals surface area contributed by atoms with Crippen LogP contribution in [-0.4, -0.2) is 25.1 Å². The number of hydrogen-bond donors (Lipinski definition) is 1. The standard InChI is InChI=1S/C25H22O5/c1-29-20-11-7-17(8-12-20)15-19(18-9-13-21(30-2)14-10-18)16-24(27)22-5-3-4-6-23(26)25(22)28/h3-15H,16H2,1-2H3,(H,26,28)/b19-15+. The fraction of sp³-hybridized carbons (Fsp3) is 0.120. The summed E-state index contributed by atoms with van der Waals surface area (Å²) in [6, 6.07) is 20.6. The fourth-order valence-corrected chi connectivity index (χ4v) is 3.02. The van der Waals surface area contributed by atoms with E-state index in [0.717, 1.165) is 22.4 Å².